The third kappa shape index (κ3) is 6.72. The summed E-state index contributed by atoms with van der Waals surface area (Å²) in [6.07, 6.45) is 3.92. The highest BCUT2D eigenvalue weighted by molar-refractivity contribution is 7.85. The lowest BCUT2D eigenvalue weighted by Crippen LogP contribution is -2.49. The van der Waals surface area contributed by atoms with Gasteiger partial charge < -0.3 is 10.6 Å². The van der Waals surface area contributed by atoms with Gasteiger partial charge in [0.15, 0.2) is 5.96 Å². The Balaban J connectivity index is 1.84. The summed E-state index contributed by atoms with van der Waals surface area (Å²) in [5.41, 5.74) is 0.0651. The Labute approximate surface area is 161 Å². The van der Waals surface area contributed by atoms with Gasteiger partial charge >= 0.3 is 0 Å². The average molecular weight is 379 g/mol. The Bertz CT molecular complexity index is 583. The maximum absolute atomic E-state index is 12.3. The van der Waals surface area contributed by atoms with Crippen LogP contribution in [0.5, 0.6) is 0 Å². The van der Waals surface area contributed by atoms with E-state index in [-0.39, 0.29) is 5.54 Å². The second-order valence-corrected chi connectivity index (χ2v) is 8.92. The van der Waals surface area contributed by atoms with Crippen molar-refractivity contribution < 1.29 is 4.21 Å². The molecule has 1 aliphatic rings. The molecule has 0 spiro atoms. The van der Waals surface area contributed by atoms with E-state index < -0.39 is 10.8 Å². The van der Waals surface area contributed by atoms with Crippen molar-refractivity contribution >= 4 is 16.8 Å². The van der Waals surface area contributed by atoms with E-state index in [1.807, 2.05) is 30.3 Å². The minimum absolute atomic E-state index is 0.0651. The predicted molar refractivity (Wildman–Crippen MR) is 111 cm³/mol. The number of piperidine rings is 1. The minimum Gasteiger partial charge on any atom is -0.357 e. The Morgan fingerprint density at radius 1 is 1.15 bits per heavy atom. The number of nitrogens with zero attached hydrogens (tertiary/aromatic N) is 2. The Morgan fingerprint density at radius 3 is 2.50 bits per heavy atom. The summed E-state index contributed by atoms with van der Waals surface area (Å²) in [5, 5.41) is 6.62. The van der Waals surface area contributed by atoms with Crippen LogP contribution < -0.4 is 10.6 Å². The monoisotopic (exact) mass is 378 g/mol. The molecule has 1 fully saturated rings. The van der Waals surface area contributed by atoms with Crippen molar-refractivity contribution in [1.29, 1.82) is 0 Å². The molecular weight excluding hydrogens is 344 g/mol. The van der Waals surface area contributed by atoms with Gasteiger partial charge in [0.1, 0.15) is 0 Å². The molecule has 0 radical (unpaired) electrons. The molecule has 5 nitrogen and oxygen atoms in total. The van der Waals surface area contributed by atoms with Crippen LogP contribution in [-0.2, 0) is 10.8 Å². The summed E-state index contributed by atoms with van der Waals surface area (Å²) < 4.78 is 12.3. The number of guanidine groups is 1. The molecule has 2 rings (SSSR count). The summed E-state index contributed by atoms with van der Waals surface area (Å²) >= 11 is 0. The topological polar surface area (TPSA) is 56.7 Å². The SMILES string of the molecule is CCNC(=NCC(C)(C)N1CCCCC1)NCCS(=O)c1ccccc1. The molecule has 1 saturated heterocycles. The van der Waals surface area contributed by atoms with Crippen LogP contribution >= 0.6 is 0 Å². The van der Waals surface area contributed by atoms with Crippen LogP contribution in [0.15, 0.2) is 40.2 Å². The molecule has 6 heteroatoms. The molecule has 1 aliphatic heterocycles. The van der Waals surface area contributed by atoms with Crippen molar-refractivity contribution in [2.45, 2.75) is 50.5 Å². The molecule has 0 amide bonds. The lowest BCUT2D eigenvalue weighted by molar-refractivity contribution is 0.102. The zero-order valence-electron chi connectivity index (χ0n) is 16.5. The van der Waals surface area contributed by atoms with E-state index in [0.29, 0.717) is 12.3 Å². The van der Waals surface area contributed by atoms with Gasteiger partial charge in [0, 0.05) is 29.3 Å². The Hall–Kier alpha value is -1.40. The Morgan fingerprint density at radius 2 is 1.85 bits per heavy atom. The molecule has 146 valence electrons. The van der Waals surface area contributed by atoms with Crippen LogP contribution in [0, 0.1) is 0 Å². The first-order valence-electron chi connectivity index (χ1n) is 9.73. The van der Waals surface area contributed by atoms with E-state index in [9.17, 15) is 4.21 Å². The quantitative estimate of drug-likeness (QED) is 0.539. The summed E-state index contributed by atoms with van der Waals surface area (Å²) in [6, 6.07) is 9.62. The molecule has 1 aromatic rings. The van der Waals surface area contributed by atoms with Crippen molar-refractivity contribution in [2.75, 3.05) is 38.5 Å². The third-order valence-corrected chi connectivity index (χ3v) is 6.14. The van der Waals surface area contributed by atoms with Crippen molar-refractivity contribution in [3.8, 4) is 0 Å². The van der Waals surface area contributed by atoms with Crippen molar-refractivity contribution in [3.05, 3.63) is 30.3 Å². The second kappa shape index (κ2) is 10.7. The third-order valence-electron chi connectivity index (χ3n) is 4.77. The van der Waals surface area contributed by atoms with Gasteiger partial charge in [-0.3, -0.25) is 14.1 Å². The molecule has 0 aliphatic carbocycles. The molecule has 1 atom stereocenters. The largest absolute Gasteiger partial charge is 0.357 e. The first-order valence-corrected chi connectivity index (χ1v) is 11.1. The van der Waals surface area contributed by atoms with Crippen LogP contribution in [-0.4, -0.2) is 59.1 Å². The van der Waals surface area contributed by atoms with Gasteiger partial charge in [0.05, 0.1) is 17.3 Å². The molecule has 1 heterocycles. The lowest BCUT2D eigenvalue weighted by Gasteiger charge is -2.40. The van der Waals surface area contributed by atoms with Gasteiger partial charge in [-0.1, -0.05) is 24.6 Å². The summed E-state index contributed by atoms with van der Waals surface area (Å²) in [4.78, 5) is 8.21. The first-order chi connectivity index (χ1) is 12.5. The standard InChI is InChI=1S/C20H34N4OS/c1-4-21-19(22-13-16-26(25)18-11-7-5-8-12-18)23-17-20(2,3)24-14-9-6-10-15-24/h5,7-8,11-12H,4,6,9-10,13-17H2,1-3H3,(H2,21,22,23). The van der Waals surface area contributed by atoms with Crippen LogP contribution in [0.4, 0.5) is 0 Å². The Kier molecular flexibility index (Phi) is 8.59. The van der Waals surface area contributed by atoms with Gasteiger partial charge in [-0.15, -0.1) is 0 Å². The van der Waals surface area contributed by atoms with Gasteiger partial charge in [-0.05, 0) is 58.8 Å². The smallest absolute Gasteiger partial charge is 0.191 e. The summed E-state index contributed by atoms with van der Waals surface area (Å²) in [7, 11) is -0.982. The zero-order chi connectivity index (χ0) is 18.8. The molecular formula is C20H34N4OS. The fraction of sp³-hybridized carbons (Fsp3) is 0.650. The highest BCUT2D eigenvalue weighted by Gasteiger charge is 2.27. The van der Waals surface area contributed by atoms with E-state index in [2.05, 4.69) is 36.3 Å². The van der Waals surface area contributed by atoms with Gasteiger partial charge in [-0.25, -0.2) is 0 Å². The van der Waals surface area contributed by atoms with Crippen LogP contribution in [0.25, 0.3) is 0 Å². The summed E-state index contributed by atoms with van der Waals surface area (Å²) in [6.45, 7) is 11.2. The second-order valence-electron chi connectivity index (χ2n) is 7.34. The van der Waals surface area contributed by atoms with E-state index in [1.54, 1.807) is 0 Å². The minimum atomic E-state index is -0.982. The van der Waals surface area contributed by atoms with Crippen molar-refractivity contribution in [2.24, 2.45) is 4.99 Å². The van der Waals surface area contributed by atoms with Gasteiger partial charge in [0.2, 0.25) is 0 Å². The highest BCUT2D eigenvalue weighted by atomic mass is 32.2. The van der Waals surface area contributed by atoms with E-state index in [1.165, 1.54) is 32.4 Å². The van der Waals surface area contributed by atoms with E-state index >= 15 is 0 Å². The average Bonchev–Trinajstić information content (AvgIpc) is 2.67. The van der Waals surface area contributed by atoms with E-state index in [4.69, 9.17) is 4.99 Å². The molecule has 0 bridgehead atoms. The normalized spacial score (nSPS) is 17.7. The number of rotatable bonds is 8. The number of likely N-dealkylation sites (tertiary alicyclic amines) is 1. The van der Waals surface area contributed by atoms with Crippen molar-refractivity contribution in [3.63, 3.8) is 0 Å². The maximum atomic E-state index is 12.3. The van der Waals surface area contributed by atoms with E-state index in [0.717, 1.165) is 23.9 Å². The van der Waals surface area contributed by atoms with Crippen LogP contribution in [0.1, 0.15) is 40.0 Å². The van der Waals surface area contributed by atoms with Gasteiger partial charge in [-0.2, -0.15) is 0 Å². The number of aliphatic imine (C=N–C) groups is 1. The molecule has 26 heavy (non-hydrogen) atoms. The number of hydrogen-bond donors (Lipinski definition) is 2. The number of hydrogen-bond acceptors (Lipinski definition) is 3. The van der Waals surface area contributed by atoms with Crippen LogP contribution in [0.3, 0.4) is 0 Å². The fourth-order valence-corrected chi connectivity index (χ4v) is 4.15. The van der Waals surface area contributed by atoms with Gasteiger partial charge in [0.25, 0.3) is 0 Å². The highest BCUT2D eigenvalue weighted by Crippen LogP contribution is 2.20. The summed E-state index contributed by atoms with van der Waals surface area (Å²) in [5.74, 6) is 1.38. The fourth-order valence-electron chi connectivity index (χ4n) is 3.17. The lowest BCUT2D eigenvalue weighted by atomic mass is 9.99. The van der Waals surface area contributed by atoms with Crippen molar-refractivity contribution in [1.82, 2.24) is 15.5 Å². The van der Waals surface area contributed by atoms with Crippen LogP contribution in [0.2, 0.25) is 0 Å². The maximum Gasteiger partial charge on any atom is 0.191 e. The molecule has 0 saturated carbocycles. The molecule has 1 aromatic carbocycles. The molecule has 1 unspecified atom stereocenters. The first kappa shape index (κ1) is 20.9. The zero-order valence-corrected chi connectivity index (χ0v) is 17.3. The number of nitrogens with one attached hydrogen (secondary N) is 2. The molecule has 0 aromatic heterocycles. The molecule has 2 N–H and O–H groups in total. The predicted octanol–water partition coefficient (Wildman–Crippen LogP) is 2.61. The number of benzene rings is 1.